The summed E-state index contributed by atoms with van der Waals surface area (Å²) in [6, 6.07) is 21.0. The molecule has 5 aromatic rings. The Morgan fingerprint density at radius 1 is 1.02 bits per heavy atom. The molecular formula is C32H29BrCl2N4O2. The van der Waals surface area contributed by atoms with E-state index in [1.165, 1.54) is 4.68 Å². The van der Waals surface area contributed by atoms with E-state index in [0.29, 0.717) is 33.4 Å². The van der Waals surface area contributed by atoms with Gasteiger partial charge in [-0.15, -0.1) is 0 Å². The molecule has 2 aromatic heterocycles. The number of fused-ring (bicyclic) bond motifs is 1. The van der Waals surface area contributed by atoms with Gasteiger partial charge in [0.05, 0.1) is 27.2 Å². The topological polar surface area (TPSA) is 61.4 Å². The van der Waals surface area contributed by atoms with Gasteiger partial charge in [-0.3, -0.25) is 4.79 Å². The van der Waals surface area contributed by atoms with E-state index in [9.17, 15) is 4.79 Å². The lowest BCUT2D eigenvalue weighted by atomic mass is 10.1. The Balaban J connectivity index is 1.42. The average molecular weight is 652 g/mol. The average Bonchev–Trinajstić information content (AvgIpc) is 3.25. The molecule has 1 atom stereocenters. The van der Waals surface area contributed by atoms with Crippen molar-refractivity contribution < 1.29 is 4.74 Å². The number of nitrogens with zero attached hydrogens (tertiary/aromatic N) is 4. The van der Waals surface area contributed by atoms with Crippen LogP contribution in [0.1, 0.15) is 54.5 Å². The summed E-state index contributed by atoms with van der Waals surface area (Å²) >= 11 is 15.6. The van der Waals surface area contributed by atoms with Gasteiger partial charge in [0.1, 0.15) is 18.2 Å². The molecule has 5 rings (SSSR count). The van der Waals surface area contributed by atoms with Crippen molar-refractivity contribution in [3.63, 3.8) is 0 Å². The standard InChI is InChI=1S/C32H29BrCl2N4O2/c1-5-19(2)31-37-30-13-7-24(33)16-27(30)32(40)39(31)36-17-23-14-20(3)38(21(23)4)25-8-10-26(11-9-25)41-18-22-6-12-28(34)29(35)15-22/h6-17,19H,5,18H2,1-4H3/t19-/m0/s1. The third-order valence-corrected chi connectivity index (χ3v) is 8.39. The number of hydrogen-bond acceptors (Lipinski definition) is 4. The van der Waals surface area contributed by atoms with Crippen LogP contribution in [0, 0.1) is 13.8 Å². The van der Waals surface area contributed by atoms with E-state index in [1.54, 1.807) is 24.4 Å². The minimum absolute atomic E-state index is 0.0674. The maximum absolute atomic E-state index is 13.5. The molecule has 0 saturated heterocycles. The molecule has 0 N–H and O–H groups in total. The summed E-state index contributed by atoms with van der Waals surface area (Å²) in [4.78, 5) is 18.3. The quantitative estimate of drug-likeness (QED) is 0.158. The van der Waals surface area contributed by atoms with Gasteiger partial charge < -0.3 is 9.30 Å². The SMILES string of the molecule is CC[C@H](C)c1nc2ccc(Br)cc2c(=O)n1N=Cc1cc(C)n(-c2ccc(OCc3ccc(Cl)c(Cl)c3)cc2)c1C. The van der Waals surface area contributed by atoms with E-state index < -0.39 is 0 Å². The second-order valence-corrected chi connectivity index (χ2v) is 11.7. The molecule has 0 amide bonds. The van der Waals surface area contributed by atoms with Gasteiger partial charge in [0, 0.05) is 33.0 Å². The zero-order valence-corrected chi connectivity index (χ0v) is 26.3. The van der Waals surface area contributed by atoms with Gasteiger partial charge in [0.25, 0.3) is 5.56 Å². The monoisotopic (exact) mass is 650 g/mol. The predicted octanol–water partition coefficient (Wildman–Crippen LogP) is 8.85. The van der Waals surface area contributed by atoms with Gasteiger partial charge in [0.15, 0.2) is 0 Å². The number of aryl methyl sites for hydroxylation is 1. The fraction of sp³-hybridized carbons (Fsp3) is 0.219. The molecule has 0 unspecified atom stereocenters. The van der Waals surface area contributed by atoms with Crippen molar-refractivity contribution in [3.05, 3.63) is 120 Å². The van der Waals surface area contributed by atoms with Crippen molar-refractivity contribution in [3.8, 4) is 11.4 Å². The van der Waals surface area contributed by atoms with E-state index in [-0.39, 0.29) is 11.5 Å². The fourth-order valence-electron chi connectivity index (χ4n) is 4.70. The van der Waals surface area contributed by atoms with E-state index in [2.05, 4.69) is 45.5 Å². The molecule has 210 valence electrons. The Kier molecular flexibility index (Phi) is 8.68. The third-order valence-electron chi connectivity index (χ3n) is 7.15. The Morgan fingerprint density at radius 3 is 2.49 bits per heavy atom. The number of halogens is 3. The lowest BCUT2D eigenvalue weighted by molar-refractivity contribution is 0.306. The number of aromatic nitrogens is 3. The maximum Gasteiger partial charge on any atom is 0.282 e. The number of rotatable bonds is 8. The summed E-state index contributed by atoms with van der Waals surface area (Å²) in [6.07, 6.45) is 2.58. The molecule has 6 nitrogen and oxygen atoms in total. The molecule has 0 radical (unpaired) electrons. The molecule has 0 spiro atoms. The summed E-state index contributed by atoms with van der Waals surface area (Å²) in [6.45, 7) is 8.61. The van der Waals surface area contributed by atoms with Gasteiger partial charge in [-0.25, -0.2) is 4.98 Å². The Bertz CT molecular complexity index is 1830. The van der Waals surface area contributed by atoms with E-state index in [4.69, 9.17) is 32.9 Å². The van der Waals surface area contributed by atoms with Crippen LogP contribution in [-0.4, -0.2) is 20.4 Å². The molecule has 0 aliphatic heterocycles. The van der Waals surface area contributed by atoms with Gasteiger partial charge in [-0.2, -0.15) is 9.78 Å². The number of ether oxygens (including phenoxy) is 1. The largest absolute Gasteiger partial charge is 0.489 e. The highest BCUT2D eigenvalue weighted by molar-refractivity contribution is 9.10. The molecular weight excluding hydrogens is 623 g/mol. The normalized spacial score (nSPS) is 12.4. The number of hydrogen-bond donors (Lipinski definition) is 0. The zero-order valence-electron chi connectivity index (χ0n) is 23.2. The molecule has 41 heavy (non-hydrogen) atoms. The van der Waals surface area contributed by atoms with Crippen molar-refractivity contribution in [2.45, 2.75) is 46.6 Å². The third kappa shape index (κ3) is 6.13. The lowest BCUT2D eigenvalue weighted by Gasteiger charge is -2.14. The van der Waals surface area contributed by atoms with Crippen LogP contribution >= 0.6 is 39.1 Å². The molecule has 2 heterocycles. The van der Waals surface area contributed by atoms with Gasteiger partial charge in [-0.05, 0) is 86.5 Å². The summed E-state index contributed by atoms with van der Waals surface area (Å²) < 4.78 is 10.4. The first-order valence-electron chi connectivity index (χ1n) is 13.3. The summed E-state index contributed by atoms with van der Waals surface area (Å²) in [5, 5.41) is 6.21. The first-order chi connectivity index (χ1) is 19.7. The highest BCUT2D eigenvalue weighted by Crippen LogP contribution is 2.26. The van der Waals surface area contributed by atoms with Crippen LogP contribution in [0.15, 0.2) is 81.1 Å². The smallest absolute Gasteiger partial charge is 0.282 e. The first-order valence-corrected chi connectivity index (χ1v) is 14.8. The van der Waals surface area contributed by atoms with Crippen LogP contribution < -0.4 is 10.3 Å². The lowest BCUT2D eigenvalue weighted by Crippen LogP contribution is -2.23. The highest BCUT2D eigenvalue weighted by Gasteiger charge is 2.16. The summed E-state index contributed by atoms with van der Waals surface area (Å²) in [7, 11) is 0. The molecule has 0 aliphatic carbocycles. The second-order valence-electron chi connectivity index (χ2n) is 10.00. The number of benzene rings is 3. The molecule has 3 aromatic carbocycles. The Hall–Kier alpha value is -3.39. The van der Waals surface area contributed by atoms with Crippen molar-refractivity contribution in [2.75, 3.05) is 0 Å². The maximum atomic E-state index is 13.5. The Labute approximate surface area is 257 Å². The molecule has 0 aliphatic rings. The van der Waals surface area contributed by atoms with Crippen molar-refractivity contribution in [2.24, 2.45) is 5.10 Å². The van der Waals surface area contributed by atoms with Gasteiger partial charge >= 0.3 is 0 Å². The van der Waals surface area contributed by atoms with Gasteiger partial charge in [0.2, 0.25) is 0 Å². The van der Waals surface area contributed by atoms with Crippen LogP contribution in [0.2, 0.25) is 10.0 Å². The van der Waals surface area contributed by atoms with Crippen LogP contribution in [0.5, 0.6) is 5.75 Å². The summed E-state index contributed by atoms with van der Waals surface area (Å²) in [5.41, 5.74) is 5.38. The van der Waals surface area contributed by atoms with Crippen LogP contribution in [0.3, 0.4) is 0 Å². The van der Waals surface area contributed by atoms with Crippen molar-refractivity contribution in [1.82, 2.24) is 14.2 Å². The zero-order chi connectivity index (χ0) is 29.3. The van der Waals surface area contributed by atoms with Crippen molar-refractivity contribution in [1.29, 1.82) is 0 Å². The van der Waals surface area contributed by atoms with Crippen LogP contribution in [0.25, 0.3) is 16.6 Å². The van der Waals surface area contributed by atoms with Crippen molar-refractivity contribution >= 4 is 56.2 Å². The van der Waals surface area contributed by atoms with E-state index in [1.807, 2.05) is 56.3 Å². The minimum Gasteiger partial charge on any atom is -0.489 e. The summed E-state index contributed by atoms with van der Waals surface area (Å²) in [5.74, 6) is 1.46. The molecule has 0 fully saturated rings. The van der Waals surface area contributed by atoms with Crippen LogP contribution in [0.4, 0.5) is 0 Å². The molecule has 9 heteroatoms. The van der Waals surface area contributed by atoms with Gasteiger partial charge in [-0.1, -0.05) is 59.0 Å². The first kappa shape index (κ1) is 29.1. The Morgan fingerprint density at radius 2 is 1.78 bits per heavy atom. The van der Waals surface area contributed by atoms with E-state index in [0.717, 1.165) is 44.8 Å². The fourth-order valence-corrected chi connectivity index (χ4v) is 5.38. The highest BCUT2D eigenvalue weighted by atomic mass is 79.9. The molecule has 0 saturated carbocycles. The minimum atomic E-state index is -0.187. The molecule has 0 bridgehead atoms. The second kappa shape index (κ2) is 12.2. The predicted molar refractivity (Wildman–Crippen MR) is 171 cm³/mol. The van der Waals surface area contributed by atoms with E-state index >= 15 is 0 Å². The van der Waals surface area contributed by atoms with Crippen LogP contribution in [-0.2, 0) is 6.61 Å².